The number of benzene rings is 1. The van der Waals surface area contributed by atoms with E-state index in [1.54, 1.807) is 12.1 Å². The summed E-state index contributed by atoms with van der Waals surface area (Å²) in [4.78, 5) is 26.3. The van der Waals surface area contributed by atoms with Gasteiger partial charge in [-0.05, 0) is 56.5 Å². The molecule has 1 aromatic carbocycles. The van der Waals surface area contributed by atoms with Crippen LogP contribution in [0.5, 0.6) is 0 Å². The highest BCUT2D eigenvalue weighted by molar-refractivity contribution is 5.97. The lowest BCUT2D eigenvalue weighted by Gasteiger charge is -2.31. The molecular formula is C18H25N3O2. The van der Waals surface area contributed by atoms with Crippen molar-refractivity contribution in [3.63, 3.8) is 0 Å². The standard InChI is InChI=1S/C18H25N3O2/c1-12-11-16(12)17(22)20-15-5-3-13(4-6-15)18(23)21-9-7-14(19-2)8-10-21/h3-6,12,14,16,19H,7-11H2,1-2H3,(H,20,22). The van der Waals surface area contributed by atoms with E-state index in [-0.39, 0.29) is 17.7 Å². The van der Waals surface area contributed by atoms with E-state index < -0.39 is 0 Å². The predicted octanol–water partition coefficient (Wildman–Crippen LogP) is 2.11. The van der Waals surface area contributed by atoms with Crippen molar-refractivity contribution in [1.29, 1.82) is 0 Å². The van der Waals surface area contributed by atoms with Crippen LogP contribution < -0.4 is 10.6 Å². The quantitative estimate of drug-likeness (QED) is 0.894. The molecule has 1 aliphatic heterocycles. The zero-order valence-electron chi connectivity index (χ0n) is 13.8. The van der Waals surface area contributed by atoms with E-state index in [1.807, 2.05) is 24.1 Å². The molecule has 1 aliphatic carbocycles. The smallest absolute Gasteiger partial charge is 0.253 e. The van der Waals surface area contributed by atoms with Gasteiger partial charge in [0.2, 0.25) is 5.91 Å². The molecule has 2 amide bonds. The molecule has 3 rings (SSSR count). The topological polar surface area (TPSA) is 61.4 Å². The summed E-state index contributed by atoms with van der Waals surface area (Å²) < 4.78 is 0. The van der Waals surface area contributed by atoms with Crippen LogP contribution in [-0.4, -0.2) is 42.9 Å². The molecule has 2 N–H and O–H groups in total. The average molecular weight is 315 g/mol. The first kappa shape index (κ1) is 16.0. The Bertz CT molecular complexity index is 576. The first-order valence-electron chi connectivity index (χ1n) is 8.46. The summed E-state index contributed by atoms with van der Waals surface area (Å²) in [6, 6.07) is 7.76. The van der Waals surface area contributed by atoms with E-state index in [2.05, 4.69) is 17.6 Å². The van der Waals surface area contributed by atoms with E-state index in [9.17, 15) is 9.59 Å². The van der Waals surface area contributed by atoms with Gasteiger partial charge < -0.3 is 15.5 Å². The van der Waals surface area contributed by atoms with Crippen LogP contribution in [0.3, 0.4) is 0 Å². The molecule has 0 spiro atoms. The minimum absolute atomic E-state index is 0.0771. The Morgan fingerprint density at radius 1 is 1.13 bits per heavy atom. The van der Waals surface area contributed by atoms with Gasteiger partial charge in [-0.15, -0.1) is 0 Å². The Labute approximate surface area is 137 Å². The number of nitrogens with zero attached hydrogens (tertiary/aromatic N) is 1. The second kappa shape index (κ2) is 6.71. The van der Waals surface area contributed by atoms with Crippen LogP contribution in [0, 0.1) is 11.8 Å². The third-order valence-electron chi connectivity index (χ3n) is 5.04. The summed E-state index contributed by atoms with van der Waals surface area (Å²) in [5.41, 5.74) is 1.45. The van der Waals surface area contributed by atoms with E-state index >= 15 is 0 Å². The first-order chi connectivity index (χ1) is 11.1. The van der Waals surface area contributed by atoms with Gasteiger partial charge in [-0.2, -0.15) is 0 Å². The van der Waals surface area contributed by atoms with Gasteiger partial charge in [-0.3, -0.25) is 9.59 Å². The second-order valence-corrected chi connectivity index (χ2v) is 6.74. The summed E-state index contributed by atoms with van der Waals surface area (Å²) in [5.74, 6) is 0.820. The summed E-state index contributed by atoms with van der Waals surface area (Å²) in [5, 5.41) is 6.19. The van der Waals surface area contributed by atoms with Crippen LogP contribution in [0.2, 0.25) is 0 Å². The van der Waals surface area contributed by atoms with Crippen LogP contribution in [0.15, 0.2) is 24.3 Å². The summed E-state index contributed by atoms with van der Waals surface area (Å²) in [7, 11) is 1.97. The Morgan fingerprint density at radius 2 is 1.74 bits per heavy atom. The van der Waals surface area contributed by atoms with Crippen molar-refractivity contribution in [1.82, 2.24) is 10.2 Å². The predicted molar refractivity (Wildman–Crippen MR) is 90.3 cm³/mol. The van der Waals surface area contributed by atoms with Gasteiger partial charge in [0.05, 0.1) is 0 Å². The van der Waals surface area contributed by atoms with E-state index in [4.69, 9.17) is 0 Å². The maximum absolute atomic E-state index is 12.5. The molecule has 1 aromatic rings. The highest BCUT2D eigenvalue weighted by Gasteiger charge is 2.39. The molecule has 1 saturated carbocycles. The maximum atomic E-state index is 12.5. The number of hydrogen-bond donors (Lipinski definition) is 2. The lowest BCUT2D eigenvalue weighted by atomic mass is 10.0. The zero-order chi connectivity index (χ0) is 16.4. The van der Waals surface area contributed by atoms with Gasteiger partial charge in [0.1, 0.15) is 0 Å². The Kier molecular flexibility index (Phi) is 4.66. The van der Waals surface area contributed by atoms with Crippen LogP contribution in [0.25, 0.3) is 0 Å². The Balaban J connectivity index is 1.56. The molecule has 1 heterocycles. The monoisotopic (exact) mass is 315 g/mol. The fourth-order valence-corrected chi connectivity index (χ4v) is 3.17. The molecule has 23 heavy (non-hydrogen) atoms. The molecule has 2 aliphatic rings. The van der Waals surface area contributed by atoms with Gasteiger partial charge in [0, 0.05) is 36.3 Å². The largest absolute Gasteiger partial charge is 0.339 e. The Morgan fingerprint density at radius 3 is 2.26 bits per heavy atom. The van der Waals surface area contributed by atoms with Crippen molar-refractivity contribution < 1.29 is 9.59 Å². The van der Waals surface area contributed by atoms with Crippen molar-refractivity contribution in [2.45, 2.75) is 32.2 Å². The van der Waals surface area contributed by atoms with Crippen LogP contribution in [0.1, 0.15) is 36.5 Å². The zero-order valence-corrected chi connectivity index (χ0v) is 13.8. The number of hydrogen-bond acceptors (Lipinski definition) is 3. The Hall–Kier alpha value is -1.88. The summed E-state index contributed by atoms with van der Waals surface area (Å²) in [6.45, 7) is 3.67. The number of anilines is 1. The number of amides is 2. The van der Waals surface area contributed by atoms with Gasteiger partial charge in [0.15, 0.2) is 0 Å². The normalized spacial score (nSPS) is 24.3. The van der Waals surface area contributed by atoms with Crippen molar-refractivity contribution in [3.05, 3.63) is 29.8 Å². The molecule has 1 saturated heterocycles. The third kappa shape index (κ3) is 3.72. The first-order valence-corrected chi connectivity index (χ1v) is 8.46. The molecule has 2 atom stereocenters. The molecule has 2 fully saturated rings. The SMILES string of the molecule is CNC1CCN(C(=O)c2ccc(NC(=O)C3CC3C)cc2)CC1. The van der Waals surface area contributed by atoms with E-state index in [1.165, 1.54) is 0 Å². The fourth-order valence-electron chi connectivity index (χ4n) is 3.17. The average Bonchev–Trinajstić information content (AvgIpc) is 3.32. The molecule has 5 heteroatoms. The fraction of sp³-hybridized carbons (Fsp3) is 0.556. The highest BCUT2D eigenvalue weighted by Crippen LogP contribution is 2.38. The van der Waals surface area contributed by atoms with Crippen LogP contribution >= 0.6 is 0 Å². The summed E-state index contributed by atoms with van der Waals surface area (Å²) in [6.07, 6.45) is 2.97. The van der Waals surface area contributed by atoms with E-state index in [0.29, 0.717) is 17.5 Å². The number of carbonyl (C=O) groups is 2. The van der Waals surface area contributed by atoms with Crippen LogP contribution in [-0.2, 0) is 4.79 Å². The van der Waals surface area contributed by atoms with Crippen LogP contribution in [0.4, 0.5) is 5.69 Å². The number of nitrogens with one attached hydrogen (secondary N) is 2. The minimum atomic E-state index is 0.0771. The van der Waals surface area contributed by atoms with Crippen molar-refractivity contribution in [2.75, 3.05) is 25.5 Å². The van der Waals surface area contributed by atoms with E-state index in [0.717, 1.165) is 38.0 Å². The number of carbonyl (C=O) groups excluding carboxylic acids is 2. The molecular weight excluding hydrogens is 290 g/mol. The summed E-state index contributed by atoms with van der Waals surface area (Å²) >= 11 is 0. The van der Waals surface area contributed by atoms with Gasteiger partial charge >= 0.3 is 0 Å². The second-order valence-electron chi connectivity index (χ2n) is 6.74. The van der Waals surface area contributed by atoms with Crippen molar-refractivity contribution in [2.24, 2.45) is 11.8 Å². The minimum Gasteiger partial charge on any atom is -0.339 e. The number of rotatable bonds is 4. The van der Waals surface area contributed by atoms with Gasteiger partial charge in [-0.1, -0.05) is 6.92 Å². The number of likely N-dealkylation sites (tertiary alicyclic amines) is 1. The molecule has 0 radical (unpaired) electrons. The maximum Gasteiger partial charge on any atom is 0.253 e. The van der Waals surface area contributed by atoms with Gasteiger partial charge in [0.25, 0.3) is 5.91 Å². The molecule has 124 valence electrons. The molecule has 2 unspecified atom stereocenters. The lowest BCUT2D eigenvalue weighted by Crippen LogP contribution is -2.43. The number of piperidine rings is 1. The van der Waals surface area contributed by atoms with Crippen molar-refractivity contribution in [3.8, 4) is 0 Å². The third-order valence-corrected chi connectivity index (χ3v) is 5.04. The van der Waals surface area contributed by atoms with Gasteiger partial charge in [-0.25, -0.2) is 0 Å². The highest BCUT2D eigenvalue weighted by atomic mass is 16.2. The molecule has 5 nitrogen and oxygen atoms in total. The van der Waals surface area contributed by atoms with Crippen molar-refractivity contribution >= 4 is 17.5 Å². The lowest BCUT2D eigenvalue weighted by molar-refractivity contribution is -0.117. The molecule has 0 aromatic heterocycles. The molecule has 0 bridgehead atoms.